The average Bonchev–Trinajstić information content (AvgIpc) is 2.55. The highest BCUT2D eigenvalue weighted by molar-refractivity contribution is 5.39. The summed E-state index contributed by atoms with van der Waals surface area (Å²) < 4.78 is 0. The van der Waals surface area contributed by atoms with Gasteiger partial charge in [0.25, 0.3) is 0 Å². The van der Waals surface area contributed by atoms with Crippen LogP contribution in [0.2, 0.25) is 0 Å². The van der Waals surface area contributed by atoms with Gasteiger partial charge in [0.05, 0.1) is 23.3 Å². The third-order valence-electron chi connectivity index (χ3n) is 3.10. The zero-order valence-corrected chi connectivity index (χ0v) is 11.6. The number of rotatable bonds is 3. The monoisotopic (exact) mass is 270 g/mol. The van der Waals surface area contributed by atoms with Gasteiger partial charge >= 0.3 is 0 Å². The normalized spacial score (nSPS) is 9.05. The summed E-state index contributed by atoms with van der Waals surface area (Å²) in [6, 6.07) is 19.2. The molecule has 0 radical (unpaired) electrons. The summed E-state index contributed by atoms with van der Waals surface area (Å²) >= 11 is 0. The van der Waals surface area contributed by atoms with E-state index in [0.29, 0.717) is 11.1 Å². The lowest BCUT2D eigenvalue weighted by molar-refractivity contribution is 0.857. The summed E-state index contributed by atoms with van der Waals surface area (Å²) in [6.45, 7) is 0. The molecule has 2 nitrogen and oxygen atoms in total. The Morgan fingerprint density at radius 2 is 1.24 bits per heavy atom. The fourth-order valence-electron chi connectivity index (χ4n) is 1.92. The molecule has 21 heavy (non-hydrogen) atoms. The van der Waals surface area contributed by atoms with Crippen LogP contribution in [0.4, 0.5) is 0 Å². The van der Waals surface area contributed by atoms with Crippen LogP contribution in [0.1, 0.15) is 35.1 Å². The van der Waals surface area contributed by atoms with Gasteiger partial charge in [-0.25, -0.2) is 0 Å². The van der Waals surface area contributed by atoms with Gasteiger partial charge in [-0.15, -0.1) is 0 Å². The van der Waals surface area contributed by atoms with Crippen LogP contribution in [0.15, 0.2) is 48.5 Å². The zero-order valence-electron chi connectivity index (χ0n) is 11.6. The molecule has 0 saturated heterocycles. The average molecular weight is 270 g/mol. The van der Waals surface area contributed by atoms with Gasteiger partial charge in [0.1, 0.15) is 0 Å². The molecule has 2 rings (SSSR count). The lowest BCUT2D eigenvalue weighted by Gasteiger charge is -1.98. The molecule has 2 aromatic carbocycles. The Morgan fingerprint density at radius 3 is 1.81 bits per heavy atom. The van der Waals surface area contributed by atoms with Crippen molar-refractivity contribution in [2.75, 3.05) is 0 Å². The molecule has 0 N–H and O–H groups in total. The largest absolute Gasteiger partial charge is 0.192 e. The summed E-state index contributed by atoms with van der Waals surface area (Å²) in [7, 11) is 0. The molecule has 0 aliphatic heterocycles. The predicted octanol–water partition coefficient (Wildman–Crippen LogP) is 3.80. The van der Waals surface area contributed by atoms with Crippen LogP contribution in [0.25, 0.3) is 0 Å². The molecule has 0 aliphatic rings. The number of hydrogen-bond acceptors (Lipinski definition) is 2. The number of nitriles is 2. The van der Waals surface area contributed by atoms with Crippen LogP contribution in [0.3, 0.4) is 0 Å². The minimum absolute atomic E-state index is 0.654. The van der Waals surface area contributed by atoms with Gasteiger partial charge in [0.15, 0.2) is 0 Å². The smallest absolute Gasteiger partial charge is 0.0991 e. The highest BCUT2D eigenvalue weighted by atomic mass is 14.2. The van der Waals surface area contributed by atoms with Gasteiger partial charge in [-0.05, 0) is 54.8 Å². The van der Waals surface area contributed by atoms with E-state index in [1.165, 1.54) is 5.56 Å². The maximum absolute atomic E-state index is 8.73. The van der Waals surface area contributed by atoms with Crippen molar-refractivity contribution >= 4 is 0 Å². The van der Waals surface area contributed by atoms with Crippen LogP contribution in [0.5, 0.6) is 0 Å². The molecule has 0 heterocycles. The van der Waals surface area contributed by atoms with Crippen LogP contribution in [0, 0.1) is 34.5 Å². The second kappa shape index (κ2) is 7.54. The van der Waals surface area contributed by atoms with Crippen molar-refractivity contribution < 1.29 is 0 Å². The van der Waals surface area contributed by atoms with Gasteiger partial charge in [-0.1, -0.05) is 24.0 Å². The second-order valence-electron chi connectivity index (χ2n) is 4.65. The predicted molar refractivity (Wildman–Crippen MR) is 82.1 cm³/mol. The molecule has 0 atom stereocenters. The lowest BCUT2D eigenvalue weighted by Crippen LogP contribution is -1.85. The van der Waals surface area contributed by atoms with Crippen molar-refractivity contribution in [3.63, 3.8) is 0 Å². The number of aryl methyl sites for hydroxylation is 1. The fourth-order valence-corrected chi connectivity index (χ4v) is 1.92. The van der Waals surface area contributed by atoms with E-state index < -0.39 is 0 Å². The van der Waals surface area contributed by atoms with Gasteiger partial charge in [-0.2, -0.15) is 10.5 Å². The van der Waals surface area contributed by atoms with Crippen LogP contribution in [-0.4, -0.2) is 0 Å². The van der Waals surface area contributed by atoms with Gasteiger partial charge in [0.2, 0.25) is 0 Å². The first-order valence-electron chi connectivity index (χ1n) is 6.80. The summed E-state index contributed by atoms with van der Waals surface area (Å²) in [6.07, 6.45) is 2.79. The molecule has 0 unspecified atom stereocenters. The Kier molecular flexibility index (Phi) is 5.17. The Balaban J connectivity index is 1.80. The molecule has 2 heteroatoms. The quantitative estimate of drug-likeness (QED) is 0.629. The Morgan fingerprint density at radius 1 is 0.714 bits per heavy atom. The molecule has 0 fully saturated rings. The zero-order chi connectivity index (χ0) is 14.9. The second-order valence-corrected chi connectivity index (χ2v) is 4.65. The summed E-state index contributed by atoms with van der Waals surface area (Å²) in [5, 5.41) is 17.4. The molecule has 0 saturated carbocycles. The van der Waals surface area contributed by atoms with E-state index in [0.717, 1.165) is 24.8 Å². The minimum Gasteiger partial charge on any atom is -0.192 e. The highest BCUT2D eigenvalue weighted by Crippen LogP contribution is 2.07. The van der Waals surface area contributed by atoms with E-state index in [-0.39, 0.29) is 0 Å². The molecule has 100 valence electrons. The summed E-state index contributed by atoms with van der Waals surface area (Å²) in [5.74, 6) is 6.24. The maximum Gasteiger partial charge on any atom is 0.0991 e. The van der Waals surface area contributed by atoms with Crippen molar-refractivity contribution in [2.45, 2.75) is 19.3 Å². The molecule has 0 spiro atoms. The molecule has 0 aromatic heterocycles. The van der Waals surface area contributed by atoms with E-state index in [4.69, 9.17) is 10.5 Å². The van der Waals surface area contributed by atoms with Crippen molar-refractivity contribution in [3.05, 3.63) is 70.8 Å². The van der Waals surface area contributed by atoms with Gasteiger partial charge in [-0.3, -0.25) is 0 Å². The molecule has 2 aromatic rings. The van der Waals surface area contributed by atoms with Crippen molar-refractivity contribution in [2.24, 2.45) is 0 Å². The van der Waals surface area contributed by atoms with Crippen LogP contribution < -0.4 is 0 Å². The Labute approximate surface area is 125 Å². The standard InChI is InChI=1S/C19H14N2/c20-14-18-10-6-16(7-11-18)4-2-1-3-5-17-8-12-19(15-21)13-9-17/h6-13H,1-2,4H2. The fraction of sp³-hybridized carbons (Fsp3) is 0.158. The van der Waals surface area contributed by atoms with E-state index >= 15 is 0 Å². The summed E-state index contributed by atoms with van der Waals surface area (Å²) in [5.41, 5.74) is 3.52. The van der Waals surface area contributed by atoms with Crippen molar-refractivity contribution in [3.8, 4) is 24.0 Å². The van der Waals surface area contributed by atoms with Crippen molar-refractivity contribution in [1.82, 2.24) is 0 Å². The van der Waals surface area contributed by atoms with E-state index in [1.54, 1.807) is 12.1 Å². The first-order valence-corrected chi connectivity index (χ1v) is 6.80. The van der Waals surface area contributed by atoms with E-state index in [2.05, 4.69) is 24.0 Å². The van der Waals surface area contributed by atoms with Gasteiger partial charge in [0, 0.05) is 12.0 Å². The van der Waals surface area contributed by atoms with Crippen molar-refractivity contribution in [1.29, 1.82) is 10.5 Å². The SMILES string of the molecule is N#Cc1ccc(C#CCCCc2ccc(C#N)cc2)cc1. The minimum atomic E-state index is 0.654. The van der Waals surface area contributed by atoms with Crippen LogP contribution in [-0.2, 0) is 6.42 Å². The number of unbranched alkanes of at least 4 members (excludes halogenated alkanes) is 1. The van der Waals surface area contributed by atoms with Crippen LogP contribution >= 0.6 is 0 Å². The number of benzene rings is 2. The maximum atomic E-state index is 8.73. The summed E-state index contributed by atoms with van der Waals surface area (Å²) in [4.78, 5) is 0. The molecular formula is C19H14N2. The third-order valence-corrected chi connectivity index (χ3v) is 3.10. The van der Waals surface area contributed by atoms with E-state index in [9.17, 15) is 0 Å². The highest BCUT2D eigenvalue weighted by Gasteiger charge is 1.94. The third kappa shape index (κ3) is 4.54. The first-order chi connectivity index (χ1) is 10.3. The number of hydrogen-bond donors (Lipinski definition) is 0. The lowest BCUT2D eigenvalue weighted by atomic mass is 10.1. The molecule has 0 amide bonds. The molecule has 0 aliphatic carbocycles. The molecule has 0 bridgehead atoms. The Hall–Kier alpha value is -3.02. The van der Waals surface area contributed by atoms with Gasteiger partial charge < -0.3 is 0 Å². The Bertz CT molecular complexity index is 730. The molecular weight excluding hydrogens is 256 g/mol. The topological polar surface area (TPSA) is 47.6 Å². The number of nitrogens with zero attached hydrogens (tertiary/aromatic N) is 2. The first kappa shape index (κ1) is 14.4. The van der Waals surface area contributed by atoms with E-state index in [1.807, 2.05) is 36.4 Å².